The van der Waals surface area contributed by atoms with Crippen molar-refractivity contribution in [1.82, 2.24) is 0 Å². The lowest BCUT2D eigenvalue weighted by atomic mass is 9.11. The van der Waals surface area contributed by atoms with Crippen molar-refractivity contribution in [2.45, 2.75) is 62.7 Å². The molecule has 0 radical (unpaired) electrons. The molecule has 0 N–H and O–H groups in total. The van der Waals surface area contributed by atoms with Crippen LogP contribution in [0.3, 0.4) is 0 Å². The molecule has 6 aliphatic rings. The van der Waals surface area contributed by atoms with E-state index >= 15 is 0 Å². The van der Waals surface area contributed by atoms with Crippen LogP contribution in [0, 0.1) is 29.1 Å². The number of para-hydroxylation sites is 2. The van der Waals surface area contributed by atoms with Gasteiger partial charge in [0.25, 0.3) is 0 Å². The largest absolute Gasteiger partial charge is 0.310 e. The number of rotatable bonds is 5. The van der Waals surface area contributed by atoms with Gasteiger partial charge < -0.3 is 4.90 Å². The summed E-state index contributed by atoms with van der Waals surface area (Å²) in [6.07, 6.45) is 11.0. The molecule has 0 aliphatic heterocycles. The van der Waals surface area contributed by atoms with Crippen molar-refractivity contribution in [2.24, 2.45) is 29.1 Å². The third-order valence-corrected chi connectivity index (χ3v) is 15.1. The van der Waals surface area contributed by atoms with Gasteiger partial charge in [-0.25, -0.2) is 0 Å². The van der Waals surface area contributed by atoms with Crippen LogP contribution in [0.25, 0.3) is 33.0 Å². The summed E-state index contributed by atoms with van der Waals surface area (Å²) < 4.78 is 0. The lowest BCUT2D eigenvalue weighted by Crippen LogP contribution is -2.88. The van der Waals surface area contributed by atoms with Gasteiger partial charge in [-0.3, -0.25) is 0 Å². The molecule has 6 aromatic rings. The molecule has 0 aromatic heterocycles. The van der Waals surface area contributed by atoms with Crippen LogP contribution in [0.5, 0.6) is 0 Å². The zero-order valence-corrected chi connectivity index (χ0v) is 28.7. The van der Waals surface area contributed by atoms with Gasteiger partial charge in [-0.1, -0.05) is 122 Å². The van der Waals surface area contributed by atoms with Crippen LogP contribution in [0.2, 0.25) is 0 Å². The predicted molar refractivity (Wildman–Crippen MR) is 206 cm³/mol. The van der Waals surface area contributed by atoms with Crippen molar-refractivity contribution in [3.8, 4) is 22.3 Å². The van der Waals surface area contributed by atoms with Gasteiger partial charge in [-0.15, -0.1) is 0 Å². The molecule has 6 aromatic carbocycles. The maximum Gasteiger partial charge on any atom is 0.0540 e. The van der Waals surface area contributed by atoms with E-state index in [2.05, 4.69) is 138 Å². The molecule has 4 unspecified atom stereocenters. The fourth-order valence-electron chi connectivity index (χ4n) is 13.3. The smallest absolute Gasteiger partial charge is 0.0540 e. The Kier molecular flexibility index (Phi) is 5.62. The first-order valence-electron chi connectivity index (χ1n) is 19.5. The van der Waals surface area contributed by atoms with Gasteiger partial charge in [0.1, 0.15) is 0 Å². The van der Waals surface area contributed by atoms with E-state index in [1.807, 2.05) is 0 Å². The summed E-state index contributed by atoms with van der Waals surface area (Å²) in [6, 6.07) is 51.4. The normalized spacial score (nSPS) is 29.4. The maximum absolute atomic E-state index is 2.64. The molecule has 2 spiro atoms. The molecule has 0 saturated heterocycles. The first-order valence-corrected chi connectivity index (χ1v) is 19.5. The molecule has 50 heavy (non-hydrogen) atoms. The van der Waals surface area contributed by atoms with Crippen molar-refractivity contribution < 1.29 is 0 Å². The zero-order valence-electron chi connectivity index (χ0n) is 28.7. The highest BCUT2D eigenvalue weighted by Crippen LogP contribution is 2.94. The molecule has 12 rings (SSSR count). The van der Waals surface area contributed by atoms with Crippen molar-refractivity contribution in [3.05, 3.63) is 150 Å². The molecule has 1 nitrogen and oxygen atoms in total. The van der Waals surface area contributed by atoms with Gasteiger partial charge in [0, 0.05) is 22.4 Å². The molecule has 0 bridgehead atoms. The highest BCUT2D eigenvalue weighted by atomic mass is 15.1. The van der Waals surface area contributed by atoms with E-state index in [1.54, 1.807) is 16.7 Å². The average molecular weight is 646 g/mol. The summed E-state index contributed by atoms with van der Waals surface area (Å²) in [6.45, 7) is 0. The molecular weight excluding hydrogens is 603 g/mol. The molecule has 5 saturated carbocycles. The Labute approximate surface area is 296 Å². The van der Waals surface area contributed by atoms with E-state index in [9.17, 15) is 0 Å². The molecule has 4 atom stereocenters. The summed E-state index contributed by atoms with van der Waals surface area (Å²) in [5.74, 6) is 4.29. The second kappa shape index (κ2) is 10.0. The van der Waals surface area contributed by atoms with E-state index in [1.165, 1.54) is 101 Å². The highest BCUT2D eigenvalue weighted by molar-refractivity contribution is 6.03. The van der Waals surface area contributed by atoms with Crippen LogP contribution in [0.1, 0.15) is 74.0 Å². The van der Waals surface area contributed by atoms with Crippen LogP contribution >= 0.6 is 0 Å². The van der Waals surface area contributed by atoms with Gasteiger partial charge in [0.15, 0.2) is 0 Å². The van der Waals surface area contributed by atoms with E-state index in [0.29, 0.717) is 11.3 Å². The minimum atomic E-state index is 0.196. The van der Waals surface area contributed by atoms with E-state index in [-0.39, 0.29) is 5.41 Å². The van der Waals surface area contributed by atoms with Crippen molar-refractivity contribution in [3.63, 3.8) is 0 Å². The van der Waals surface area contributed by atoms with Crippen LogP contribution < -0.4 is 4.90 Å². The van der Waals surface area contributed by atoms with E-state index in [0.717, 1.165) is 23.7 Å². The Morgan fingerprint density at radius 3 is 1.98 bits per heavy atom. The molecule has 244 valence electrons. The molecule has 0 amide bonds. The Morgan fingerprint density at radius 2 is 1.18 bits per heavy atom. The summed E-state index contributed by atoms with van der Waals surface area (Å²) >= 11 is 0. The van der Waals surface area contributed by atoms with Gasteiger partial charge in [-0.05, 0) is 142 Å². The minimum Gasteiger partial charge on any atom is -0.310 e. The highest BCUT2D eigenvalue weighted by Gasteiger charge is 2.90. The molecule has 1 heteroatoms. The lowest BCUT2D eigenvalue weighted by molar-refractivity contribution is -0.412. The number of anilines is 3. The number of nitrogens with zero attached hydrogens (tertiary/aromatic N) is 1. The number of benzene rings is 6. The SMILES string of the molecule is c1ccc(N(c2ccc3c(c2)C2(c4ccccc4-3)C3CC4CC5CC2C453)c2ccccc2-c2cccc3cccc(C4CCCCC4)c23)cc1. The zero-order chi connectivity index (χ0) is 32.6. The Balaban J connectivity index is 1.06. The number of hydrogen-bond acceptors (Lipinski definition) is 1. The first kappa shape index (κ1) is 28.1. The summed E-state index contributed by atoms with van der Waals surface area (Å²) in [5.41, 5.74) is 15.1. The van der Waals surface area contributed by atoms with Crippen LogP contribution in [0.4, 0.5) is 17.1 Å². The summed E-state index contributed by atoms with van der Waals surface area (Å²) in [7, 11) is 0. The van der Waals surface area contributed by atoms with Crippen LogP contribution in [-0.2, 0) is 5.41 Å². The van der Waals surface area contributed by atoms with Crippen LogP contribution in [0.15, 0.2) is 133 Å². The van der Waals surface area contributed by atoms with Gasteiger partial charge in [0.05, 0.1) is 5.69 Å². The molecule has 5 fully saturated rings. The van der Waals surface area contributed by atoms with Gasteiger partial charge in [-0.2, -0.15) is 0 Å². The second-order valence-electron chi connectivity index (χ2n) is 16.6. The Morgan fingerprint density at radius 1 is 0.500 bits per heavy atom. The average Bonchev–Trinajstić information content (AvgIpc) is 3.44. The Hall–Kier alpha value is -4.62. The monoisotopic (exact) mass is 645 g/mol. The fraction of sp³-hybridized carbons (Fsp3) is 0.306. The van der Waals surface area contributed by atoms with E-state index < -0.39 is 0 Å². The summed E-state index contributed by atoms with van der Waals surface area (Å²) in [5, 5.41) is 2.81. The predicted octanol–water partition coefficient (Wildman–Crippen LogP) is 13.0. The van der Waals surface area contributed by atoms with Crippen molar-refractivity contribution in [1.29, 1.82) is 0 Å². The third-order valence-electron chi connectivity index (χ3n) is 15.1. The molecule has 6 aliphatic carbocycles. The van der Waals surface area contributed by atoms with Crippen molar-refractivity contribution in [2.75, 3.05) is 4.90 Å². The van der Waals surface area contributed by atoms with Crippen molar-refractivity contribution >= 4 is 27.8 Å². The third kappa shape index (κ3) is 3.27. The molecular formula is C49H43N. The quantitative estimate of drug-likeness (QED) is 0.180. The van der Waals surface area contributed by atoms with Gasteiger partial charge in [0.2, 0.25) is 0 Å². The fourth-order valence-corrected chi connectivity index (χ4v) is 13.3. The molecule has 0 heterocycles. The second-order valence-corrected chi connectivity index (χ2v) is 16.6. The topological polar surface area (TPSA) is 3.24 Å². The number of hydrogen-bond donors (Lipinski definition) is 0. The maximum atomic E-state index is 2.64. The van der Waals surface area contributed by atoms with E-state index in [4.69, 9.17) is 0 Å². The van der Waals surface area contributed by atoms with Crippen LogP contribution in [-0.4, -0.2) is 0 Å². The Bertz CT molecular complexity index is 2320. The number of fused-ring (bicyclic) bond motifs is 8. The minimum absolute atomic E-state index is 0.196. The summed E-state index contributed by atoms with van der Waals surface area (Å²) in [4.78, 5) is 2.57. The lowest BCUT2D eigenvalue weighted by Gasteiger charge is -2.92. The van der Waals surface area contributed by atoms with Gasteiger partial charge >= 0.3 is 0 Å². The first-order chi connectivity index (χ1) is 24.8. The standard InChI is InChI=1S/C49H43N/c1-3-13-31(14-4-1)37-21-11-15-32-16-12-22-41(47(32)37)40-20-8-10-24-44(40)50(35-17-5-2-6-18-35)36-25-26-39-38-19-7-9-23-42(38)49(43(39)30-36)45-28-33-27-34-29-46(49)48(33,34)45/h2,5-12,15-26,30-31,33-34,45-46H,1,3-4,13-14,27-29H2.